The van der Waals surface area contributed by atoms with Crippen molar-refractivity contribution in [2.45, 2.75) is 45.8 Å². The maximum absolute atomic E-state index is 11.7. The molecule has 0 aromatic rings. The molecular formula is C11H20N2O4. The Kier molecular flexibility index (Phi) is 3.98. The number of amides is 1. The van der Waals surface area contributed by atoms with Gasteiger partial charge in [-0.25, -0.2) is 15.2 Å². The second-order valence-corrected chi connectivity index (χ2v) is 5.34. The lowest BCUT2D eigenvalue weighted by Crippen LogP contribution is -2.59. The lowest BCUT2D eigenvalue weighted by atomic mass is 9.97. The van der Waals surface area contributed by atoms with Crippen molar-refractivity contribution in [3.05, 3.63) is 0 Å². The monoisotopic (exact) mass is 244 g/mol. The fourth-order valence-electron chi connectivity index (χ4n) is 1.62. The van der Waals surface area contributed by atoms with Crippen molar-refractivity contribution >= 4 is 12.1 Å². The minimum atomic E-state index is -0.953. The lowest BCUT2D eigenvalue weighted by molar-refractivity contribution is -0.144. The van der Waals surface area contributed by atoms with E-state index in [0.29, 0.717) is 13.0 Å². The van der Waals surface area contributed by atoms with Gasteiger partial charge in [-0.1, -0.05) is 6.92 Å². The summed E-state index contributed by atoms with van der Waals surface area (Å²) in [5.41, 5.74) is 2.10. The highest BCUT2D eigenvalue weighted by molar-refractivity contribution is 5.75. The summed E-state index contributed by atoms with van der Waals surface area (Å²) in [4.78, 5) is 22.7. The first-order valence-electron chi connectivity index (χ1n) is 5.70. The quantitative estimate of drug-likeness (QED) is 0.725. The van der Waals surface area contributed by atoms with Gasteiger partial charge in [0.25, 0.3) is 0 Å². The van der Waals surface area contributed by atoms with Crippen molar-refractivity contribution < 1.29 is 19.4 Å². The van der Waals surface area contributed by atoms with Gasteiger partial charge in [-0.2, -0.15) is 0 Å². The molecule has 2 N–H and O–H groups in total. The molecule has 6 nitrogen and oxygen atoms in total. The summed E-state index contributed by atoms with van der Waals surface area (Å²) in [6.07, 6.45) is 0.110. The molecule has 0 aromatic carbocycles. The van der Waals surface area contributed by atoms with Gasteiger partial charge in [-0.3, -0.25) is 4.79 Å². The fraction of sp³-hybridized carbons (Fsp3) is 0.818. The third-order valence-electron chi connectivity index (χ3n) is 2.55. The van der Waals surface area contributed by atoms with Gasteiger partial charge in [0.15, 0.2) is 0 Å². The second kappa shape index (κ2) is 4.91. The van der Waals surface area contributed by atoms with E-state index in [1.54, 1.807) is 20.8 Å². The van der Waals surface area contributed by atoms with Crippen LogP contribution in [0.1, 0.15) is 34.1 Å². The Hall–Kier alpha value is -1.30. The van der Waals surface area contributed by atoms with E-state index in [4.69, 9.17) is 9.84 Å². The standard InChI is InChI=1S/C11H20N2O4/c1-7-5-6-13(12-8(7)9(14)15)10(16)17-11(2,3)4/h7-8,12H,5-6H2,1-4H3,(H,14,15). The van der Waals surface area contributed by atoms with Gasteiger partial charge in [0.1, 0.15) is 11.6 Å². The number of rotatable bonds is 1. The molecule has 1 fully saturated rings. The largest absolute Gasteiger partial charge is 0.480 e. The number of carbonyl (C=O) groups excluding carboxylic acids is 1. The molecule has 0 spiro atoms. The van der Waals surface area contributed by atoms with Crippen LogP contribution in [0.3, 0.4) is 0 Å². The first-order valence-corrected chi connectivity index (χ1v) is 5.70. The molecule has 0 aromatic heterocycles. The van der Waals surface area contributed by atoms with E-state index in [1.807, 2.05) is 6.92 Å². The third kappa shape index (κ3) is 3.89. The number of carboxylic acids is 1. The van der Waals surface area contributed by atoms with Gasteiger partial charge in [-0.15, -0.1) is 0 Å². The topological polar surface area (TPSA) is 78.9 Å². The van der Waals surface area contributed by atoms with E-state index in [-0.39, 0.29) is 5.92 Å². The highest BCUT2D eigenvalue weighted by Gasteiger charge is 2.34. The number of hydrazine groups is 1. The van der Waals surface area contributed by atoms with Crippen LogP contribution in [0.4, 0.5) is 4.79 Å². The predicted molar refractivity (Wildman–Crippen MR) is 61.3 cm³/mol. The Morgan fingerprint density at radius 2 is 2.00 bits per heavy atom. The summed E-state index contributed by atoms with van der Waals surface area (Å²) < 4.78 is 5.17. The Bertz CT molecular complexity index is 311. The average Bonchev–Trinajstić information content (AvgIpc) is 2.14. The number of carboxylic acid groups (broad SMARTS) is 1. The zero-order chi connectivity index (χ0) is 13.2. The molecule has 1 aliphatic heterocycles. The zero-order valence-corrected chi connectivity index (χ0v) is 10.7. The molecule has 1 rings (SSSR count). The Morgan fingerprint density at radius 3 is 2.47 bits per heavy atom. The zero-order valence-electron chi connectivity index (χ0n) is 10.7. The third-order valence-corrected chi connectivity index (χ3v) is 2.55. The highest BCUT2D eigenvalue weighted by Crippen LogP contribution is 2.17. The summed E-state index contributed by atoms with van der Waals surface area (Å²) in [6, 6.07) is -0.740. The molecule has 17 heavy (non-hydrogen) atoms. The van der Waals surface area contributed by atoms with Crippen LogP contribution in [0.2, 0.25) is 0 Å². The van der Waals surface area contributed by atoms with Crippen molar-refractivity contribution in [3.63, 3.8) is 0 Å². The van der Waals surface area contributed by atoms with E-state index >= 15 is 0 Å². The molecule has 1 amide bonds. The molecule has 2 atom stereocenters. The number of nitrogens with zero attached hydrogens (tertiary/aromatic N) is 1. The molecule has 1 heterocycles. The summed E-state index contributed by atoms with van der Waals surface area (Å²) in [5.74, 6) is -0.961. The van der Waals surface area contributed by atoms with E-state index in [1.165, 1.54) is 5.01 Å². The predicted octanol–water partition coefficient (Wildman–Crippen LogP) is 1.22. The molecule has 0 aliphatic carbocycles. The Balaban J connectivity index is 2.62. The number of hydrogen-bond donors (Lipinski definition) is 2. The van der Waals surface area contributed by atoms with Crippen LogP contribution in [0, 0.1) is 5.92 Å². The molecule has 0 saturated carbocycles. The van der Waals surface area contributed by atoms with Crippen LogP contribution in [0.15, 0.2) is 0 Å². The van der Waals surface area contributed by atoms with Gasteiger partial charge in [0, 0.05) is 6.54 Å². The number of carbonyl (C=O) groups is 2. The van der Waals surface area contributed by atoms with Crippen LogP contribution >= 0.6 is 0 Å². The van der Waals surface area contributed by atoms with Gasteiger partial charge in [-0.05, 0) is 33.1 Å². The van der Waals surface area contributed by atoms with E-state index < -0.39 is 23.7 Å². The molecular weight excluding hydrogens is 224 g/mol. The molecule has 1 saturated heterocycles. The Morgan fingerprint density at radius 1 is 1.41 bits per heavy atom. The molecule has 0 radical (unpaired) electrons. The summed E-state index contributed by atoms with van der Waals surface area (Å²) in [6.45, 7) is 7.61. The minimum absolute atomic E-state index is 0.00816. The van der Waals surface area contributed by atoms with Gasteiger partial charge in [0.2, 0.25) is 0 Å². The van der Waals surface area contributed by atoms with Gasteiger partial charge >= 0.3 is 12.1 Å². The smallest absolute Gasteiger partial charge is 0.424 e. The number of aliphatic carboxylic acids is 1. The second-order valence-electron chi connectivity index (χ2n) is 5.34. The molecule has 6 heteroatoms. The number of ether oxygens (including phenoxy) is 1. The van der Waals surface area contributed by atoms with Crippen LogP contribution in [-0.2, 0) is 9.53 Å². The van der Waals surface area contributed by atoms with Crippen molar-refractivity contribution in [3.8, 4) is 0 Å². The number of hydrogen-bond acceptors (Lipinski definition) is 4. The van der Waals surface area contributed by atoms with Gasteiger partial charge < -0.3 is 9.84 Å². The average molecular weight is 244 g/mol. The fourth-order valence-corrected chi connectivity index (χ4v) is 1.62. The van der Waals surface area contributed by atoms with E-state index in [2.05, 4.69) is 5.43 Å². The van der Waals surface area contributed by atoms with Gasteiger partial charge in [0.05, 0.1) is 0 Å². The molecule has 98 valence electrons. The van der Waals surface area contributed by atoms with Crippen molar-refractivity contribution in [1.82, 2.24) is 10.4 Å². The van der Waals surface area contributed by atoms with Crippen LogP contribution in [0.5, 0.6) is 0 Å². The molecule has 0 bridgehead atoms. The maximum Gasteiger partial charge on any atom is 0.424 e. The SMILES string of the molecule is CC1CCN(C(=O)OC(C)(C)C)NC1C(=O)O. The van der Waals surface area contributed by atoms with Crippen molar-refractivity contribution in [1.29, 1.82) is 0 Å². The summed E-state index contributed by atoms with van der Waals surface area (Å²) in [7, 11) is 0. The van der Waals surface area contributed by atoms with Crippen molar-refractivity contribution in [2.24, 2.45) is 5.92 Å². The Labute approximate surface area is 101 Å². The lowest BCUT2D eigenvalue weighted by Gasteiger charge is -2.36. The van der Waals surface area contributed by atoms with Crippen LogP contribution in [0.25, 0.3) is 0 Å². The maximum atomic E-state index is 11.7. The van der Waals surface area contributed by atoms with Crippen LogP contribution in [-0.4, -0.2) is 40.4 Å². The summed E-state index contributed by atoms with van der Waals surface area (Å²) in [5, 5.41) is 10.2. The van der Waals surface area contributed by atoms with Crippen molar-refractivity contribution in [2.75, 3.05) is 6.54 Å². The first kappa shape index (κ1) is 13.8. The molecule has 1 aliphatic rings. The molecule has 2 unspecified atom stereocenters. The van der Waals surface area contributed by atoms with E-state index in [9.17, 15) is 9.59 Å². The minimum Gasteiger partial charge on any atom is -0.480 e. The normalized spacial score (nSPS) is 25.5. The van der Waals surface area contributed by atoms with E-state index in [0.717, 1.165) is 0 Å². The highest BCUT2D eigenvalue weighted by atomic mass is 16.6. The van der Waals surface area contributed by atoms with Crippen LogP contribution < -0.4 is 5.43 Å². The summed E-state index contributed by atoms with van der Waals surface area (Å²) >= 11 is 0. The first-order chi connectivity index (χ1) is 7.70. The number of nitrogens with one attached hydrogen (secondary N) is 1.